The Balaban J connectivity index is 1.75. The van der Waals surface area contributed by atoms with Gasteiger partial charge < -0.3 is 10.5 Å². The molecule has 1 atom stereocenters. The topological polar surface area (TPSA) is 52.3 Å². The van der Waals surface area contributed by atoms with E-state index < -0.39 is 5.54 Å². The van der Waals surface area contributed by atoms with Gasteiger partial charge in [-0.3, -0.25) is 4.79 Å². The van der Waals surface area contributed by atoms with Crippen LogP contribution in [0.25, 0.3) is 0 Å². The molecule has 15 heavy (non-hydrogen) atoms. The van der Waals surface area contributed by atoms with Gasteiger partial charge in [0.05, 0.1) is 6.61 Å². The number of hydrogen-bond donors (Lipinski definition) is 1. The summed E-state index contributed by atoms with van der Waals surface area (Å²) >= 11 is 0. The van der Waals surface area contributed by atoms with Gasteiger partial charge in [0.15, 0.2) is 0 Å². The summed E-state index contributed by atoms with van der Waals surface area (Å²) < 4.78 is 5.33. The molecule has 2 fully saturated rings. The van der Waals surface area contributed by atoms with E-state index in [9.17, 15) is 4.79 Å². The molecule has 0 aromatic carbocycles. The third-order valence-corrected chi connectivity index (χ3v) is 3.79. The quantitative estimate of drug-likeness (QED) is 0.722. The third kappa shape index (κ3) is 2.51. The first-order valence-corrected chi connectivity index (χ1v) is 6.07. The van der Waals surface area contributed by atoms with E-state index in [1.165, 1.54) is 25.7 Å². The summed E-state index contributed by atoms with van der Waals surface area (Å²) in [7, 11) is 0. The molecule has 0 aromatic heterocycles. The summed E-state index contributed by atoms with van der Waals surface area (Å²) in [6.07, 6.45) is 7.13. The summed E-state index contributed by atoms with van der Waals surface area (Å²) in [6.45, 7) is 2.39. The molecule has 2 saturated carbocycles. The van der Waals surface area contributed by atoms with Crippen molar-refractivity contribution in [1.29, 1.82) is 0 Å². The predicted molar refractivity (Wildman–Crippen MR) is 58.2 cm³/mol. The molecule has 0 saturated heterocycles. The fraction of sp³-hybridized carbons (Fsp3) is 0.917. The van der Waals surface area contributed by atoms with Gasteiger partial charge in [-0.2, -0.15) is 0 Å². The Labute approximate surface area is 91.4 Å². The Kier molecular flexibility index (Phi) is 3.01. The van der Waals surface area contributed by atoms with Crippen LogP contribution in [0, 0.1) is 11.8 Å². The number of ether oxygens (including phenoxy) is 1. The van der Waals surface area contributed by atoms with E-state index in [-0.39, 0.29) is 5.97 Å². The third-order valence-electron chi connectivity index (χ3n) is 3.79. The van der Waals surface area contributed by atoms with E-state index >= 15 is 0 Å². The van der Waals surface area contributed by atoms with Crippen LogP contribution in [0.1, 0.15) is 45.4 Å². The van der Waals surface area contributed by atoms with Crippen molar-refractivity contribution in [3.05, 3.63) is 0 Å². The van der Waals surface area contributed by atoms with E-state index in [1.807, 2.05) is 6.92 Å². The molecule has 3 nitrogen and oxygen atoms in total. The standard InChI is InChI=1S/C12H21NO2/c1-12(13,10-6-7-10)11(14)15-8-9-4-2-3-5-9/h9-10H,2-8,13H2,1H3. The Bertz CT molecular complexity index is 240. The first kappa shape index (κ1) is 10.9. The fourth-order valence-corrected chi connectivity index (χ4v) is 2.38. The zero-order chi connectivity index (χ0) is 10.9. The highest BCUT2D eigenvalue weighted by Gasteiger charge is 2.45. The van der Waals surface area contributed by atoms with Gasteiger partial charge in [0.2, 0.25) is 0 Å². The molecule has 0 spiro atoms. The van der Waals surface area contributed by atoms with Crippen LogP contribution in [0.15, 0.2) is 0 Å². The van der Waals surface area contributed by atoms with Gasteiger partial charge in [0.25, 0.3) is 0 Å². The van der Waals surface area contributed by atoms with Gasteiger partial charge in [0, 0.05) is 0 Å². The molecule has 0 bridgehead atoms. The number of rotatable bonds is 4. The van der Waals surface area contributed by atoms with Crippen LogP contribution in [0.4, 0.5) is 0 Å². The van der Waals surface area contributed by atoms with Gasteiger partial charge in [-0.1, -0.05) is 12.8 Å². The van der Waals surface area contributed by atoms with E-state index in [0.717, 1.165) is 12.8 Å². The maximum absolute atomic E-state index is 11.8. The summed E-state index contributed by atoms with van der Waals surface area (Å²) in [6, 6.07) is 0. The molecule has 2 aliphatic rings. The lowest BCUT2D eigenvalue weighted by Gasteiger charge is -2.23. The maximum Gasteiger partial charge on any atom is 0.326 e. The number of nitrogens with two attached hydrogens (primary N) is 1. The largest absolute Gasteiger partial charge is 0.464 e. The Hall–Kier alpha value is -0.570. The van der Waals surface area contributed by atoms with Gasteiger partial charge in [-0.15, -0.1) is 0 Å². The summed E-state index contributed by atoms with van der Waals surface area (Å²) in [5.41, 5.74) is 5.24. The predicted octanol–water partition coefficient (Wildman–Crippen LogP) is 1.85. The molecular weight excluding hydrogens is 190 g/mol. The number of carbonyl (C=O) groups is 1. The average Bonchev–Trinajstić information content (AvgIpc) is 2.94. The highest BCUT2D eigenvalue weighted by atomic mass is 16.5. The van der Waals surface area contributed by atoms with Gasteiger partial charge >= 0.3 is 5.97 Å². The molecule has 2 aliphatic carbocycles. The zero-order valence-corrected chi connectivity index (χ0v) is 9.50. The summed E-state index contributed by atoms with van der Waals surface area (Å²) in [4.78, 5) is 11.8. The second-order valence-electron chi connectivity index (χ2n) is 5.31. The van der Waals surface area contributed by atoms with Crippen LogP contribution < -0.4 is 5.73 Å². The molecule has 0 heterocycles. The lowest BCUT2D eigenvalue weighted by Crippen LogP contribution is -2.48. The molecule has 3 heteroatoms. The zero-order valence-electron chi connectivity index (χ0n) is 9.50. The van der Waals surface area contributed by atoms with E-state index in [0.29, 0.717) is 18.4 Å². The van der Waals surface area contributed by atoms with Gasteiger partial charge in [-0.05, 0) is 44.4 Å². The van der Waals surface area contributed by atoms with E-state index in [1.54, 1.807) is 0 Å². The lowest BCUT2D eigenvalue weighted by atomic mass is 9.98. The molecule has 0 aliphatic heterocycles. The van der Waals surface area contributed by atoms with Crippen molar-refractivity contribution in [2.24, 2.45) is 17.6 Å². The maximum atomic E-state index is 11.8. The van der Waals surface area contributed by atoms with E-state index in [2.05, 4.69) is 0 Å². The summed E-state index contributed by atoms with van der Waals surface area (Å²) in [5.74, 6) is 0.745. The Morgan fingerprint density at radius 1 is 1.33 bits per heavy atom. The van der Waals surface area contributed by atoms with Crippen LogP contribution >= 0.6 is 0 Å². The first-order valence-electron chi connectivity index (χ1n) is 6.07. The molecule has 2 rings (SSSR count). The van der Waals surface area contributed by atoms with Gasteiger partial charge in [-0.25, -0.2) is 0 Å². The molecular formula is C12H21NO2. The highest BCUT2D eigenvalue weighted by Crippen LogP contribution is 2.38. The molecule has 2 N–H and O–H groups in total. The van der Waals surface area contributed by atoms with Crippen molar-refractivity contribution in [3.8, 4) is 0 Å². The van der Waals surface area contributed by atoms with E-state index in [4.69, 9.17) is 10.5 Å². The van der Waals surface area contributed by atoms with Crippen molar-refractivity contribution in [2.45, 2.75) is 51.0 Å². The van der Waals surface area contributed by atoms with Crippen molar-refractivity contribution < 1.29 is 9.53 Å². The SMILES string of the molecule is CC(N)(C(=O)OCC1CCCC1)C1CC1. The van der Waals surface area contributed by atoms with Crippen LogP contribution in [-0.4, -0.2) is 18.1 Å². The molecule has 86 valence electrons. The minimum absolute atomic E-state index is 0.197. The van der Waals surface area contributed by atoms with Crippen LogP contribution in [0.2, 0.25) is 0 Å². The van der Waals surface area contributed by atoms with Gasteiger partial charge in [0.1, 0.15) is 5.54 Å². The Morgan fingerprint density at radius 3 is 2.47 bits per heavy atom. The number of esters is 1. The molecule has 1 unspecified atom stereocenters. The smallest absolute Gasteiger partial charge is 0.326 e. The first-order chi connectivity index (χ1) is 7.10. The highest BCUT2D eigenvalue weighted by molar-refractivity contribution is 5.81. The normalized spacial score (nSPS) is 26.3. The number of hydrogen-bond acceptors (Lipinski definition) is 3. The molecule has 0 radical (unpaired) electrons. The second-order valence-corrected chi connectivity index (χ2v) is 5.31. The number of carbonyl (C=O) groups excluding carboxylic acids is 1. The Morgan fingerprint density at radius 2 is 1.93 bits per heavy atom. The van der Waals surface area contributed by atoms with Crippen LogP contribution in [0.5, 0.6) is 0 Å². The van der Waals surface area contributed by atoms with Crippen molar-refractivity contribution in [3.63, 3.8) is 0 Å². The minimum atomic E-state index is -0.737. The van der Waals surface area contributed by atoms with Crippen LogP contribution in [0.3, 0.4) is 0 Å². The minimum Gasteiger partial charge on any atom is -0.464 e. The van der Waals surface area contributed by atoms with Crippen molar-refractivity contribution in [1.82, 2.24) is 0 Å². The average molecular weight is 211 g/mol. The summed E-state index contributed by atoms with van der Waals surface area (Å²) in [5, 5.41) is 0. The second kappa shape index (κ2) is 4.12. The molecule has 0 amide bonds. The molecule has 0 aromatic rings. The van der Waals surface area contributed by atoms with Crippen molar-refractivity contribution >= 4 is 5.97 Å². The fourth-order valence-electron chi connectivity index (χ4n) is 2.38. The van der Waals surface area contributed by atoms with Crippen LogP contribution in [-0.2, 0) is 9.53 Å². The van der Waals surface area contributed by atoms with Crippen molar-refractivity contribution in [2.75, 3.05) is 6.61 Å². The lowest BCUT2D eigenvalue weighted by molar-refractivity contribution is -0.151. The monoisotopic (exact) mass is 211 g/mol.